The third-order valence-electron chi connectivity index (χ3n) is 4.02. The van der Waals surface area contributed by atoms with Crippen LogP contribution in [0, 0.1) is 11.3 Å². The monoisotopic (exact) mass is 292 g/mol. The van der Waals surface area contributed by atoms with Crippen LogP contribution in [-0.4, -0.2) is 17.3 Å². The molecule has 0 spiro atoms. The first-order valence-corrected chi connectivity index (χ1v) is 7.31. The predicted molar refractivity (Wildman–Crippen MR) is 91.1 cm³/mol. The fraction of sp³-hybridized carbons (Fsp3) is 0.263. The summed E-state index contributed by atoms with van der Waals surface area (Å²) in [4.78, 5) is 0. The fourth-order valence-electron chi connectivity index (χ4n) is 2.82. The Kier molecular flexibility index (Phi) is 4.32. The average molecular weight is 292 g/mol. The molecule has 1 aromatic rings. The van der Waals surface area contributed by atoms with Crippen LogP contribution in [0.1, 0.15) is 26.3 Å². The van der Waals surface area contributed by atoms with Gasteiger partial charge in [0.1, 0.15) is 7.05 Å². The first-order chi connectivity index (χ1) is 10.4. The van der Waals surface area contributed by atoms with E-state index in [0.717, 1.165) is 0 Å². The van der Waals surface area contributed by atoms with Crippen molar-refractivity contribution in [2.45, 2.75) is 26.2 Å². The molecule has 112 valence electrons. The predicted octanol–water partition coefficient (Wildman–Crippen LogP) is 3.56. The normalized spacial score (nSPS) is 17.8. The van der Waals surface area contributed by atoms with Gasteiger partial charge in [0.05, 0.1) is 17.1 Å². The second kappa shape index (κ2) is 6.03. The molecule has 0 fully saturated rings. The first kappa shape index (κ1) is 15.8. The molecular formula is C19H22N3+. The second-order valence-corrected chi connectivity index (χ2v) is 6.06. The van der Waals surface area contributed by atoms with Crippen LogP contribution in [0.25, 0.3) is 0 Å². The van der Waals surface area contributed by atoms with Crippen molar-refractivity contribution in [3.63, 3.8) is 0 Å². The molecular weight excluding hydrogens is 270 g/mol. The van der Waals surface area contributed by atoms with Gasteiger partial charge in [-0.2, -0.15) is 9.84 Å². The molecule has 1 aliphatic heterocycles. The van der Waals surface area contributed by atoms with Crippen molar-refractivity contribution in [2.24, 2.45) is 5.73 Å². The van der Waals surface area contributed by atoms with E-state index in [9.17, 15) is 5.26 Å². The Morgan fingerprint density at radius 3 is 2.55 bits per heavy atom. The van der Waals surface area contributed by atoms with Gasteiger partial charge >= 0.3 is 0 Å². The standard InChI is InChI=1S/C19H21N3/c1-14(21)9-10-15(13-20)11-12-18-19(2,3)16-7-5-6-8-17(16)22(18)4/h5-12,21H,1-4H3/p+1. The van der Waals surface area contributed by atoms with Crippen molar-refractivity contribution in [2.75, 3.05) is 7.05 Å². The van der Waals surface area contributed by atoms with Gasteiger partial charge in [-0.05, 0) is 39.0 Å². The average Bonchev–Trinajstić information content (AvgIpc) is 2.68. The maximum absolute atomic E-state index is 9.22. The van der Waals surface area contributed by atoms with E-state index in [1.54, 1.807) is 19.1 Å². The minimum atomic E-state index is -0.0813. The number of nitrogens with two attached hydrogens (primary N) is 1. The highest BCUT2D eigenvalue weighted by molar-refractivity contribution is 6.03. The lowest BCUT2D eigenvalue weighted by Gasteiger charge is -2.15. The third-order valence-corrected chi connectivity index (χ3v) is 4.02. The Morgan fingerprint density at radius 2 is 1.95 bits per heavy atom. The number of hydrogen-bond donors (Lipinski definition) is 1. The van der Waals surface area contributed by atoms with E-state index in [1.165, 1.54) is 17.0 Å². The molecule has 3 nitrogen and oxygen atoms in total. The van der Waals surface area contributed by atoms with Crippen molar-refractivity contribution in [3.05, 3.63) is 65.4 Å². The van der Waals surface area contributed by atoms with E-state index in [0.29, 0.717) is 11.3 Å². The van der Waals surface area contributed by atoms with Gasteiger partial charge in [0.15, 0.2) is 5.71 Å². The fourth-order valence-corrected chi connectivity index (χ4v) is 2.82. The summed E-state index contributed by atoms with van der Waals surface area (Å²) in [6.45, 7) is 6.21. The van der Waals surface area contributed by atoms with Crippen LogP contribution in [-0.2, 0) is 5.41 Å². The number of nitrogens with zero attached hydrogens (tertiary/aromatic N) is 2. The summed E-state index contributed by atoms with van der Waals surface area (Å²) in [5.41, 5.74) is 10.5. The quantitative estimate of drug-likeness (QED) is 0.526. The number of hydrogen-bond acceptors (Lipinski definition) is 2. The van der Waals surface area contributed by atoms with E-state index < -0.39 is 0 Å². The number of fused-ring (bicyclic) bond motifs is 1. The van der Waals surface area contributed by atoms with E-state index in [-0.39, 0.29) is 5.41 Å². The summed E-state index contributed by atoms with van der Waals surface area (Å²) in [7, 11) is 2.06. The lowest BCUT2D eigenvalue weighted by Crippen LogP contribution is -2.26. The minimum absolute atomic E-state index is 0.0813. The van der Waals surface area contributed by atoms with Crippen molar-refractivity contribution >= 4 is 11.4 Å². The third kappa shape index (κ3) is 2.87. The van der Waals surface area contributed by atoms with Gasteiger partial charge in [-0.15, -0.1) is 0 Å². The van der Waals surface area contributed by atoms with E-state index in [4.69, 9.17) is 5.73 Å². The van der Waals surface area contributed by atoms with Gasteiger partial charge in [0, 0.05) is 23.4 Å². The SMILES string of the molecule is C/C(N)=C/C=C(C#N)\C=C\C1=[N+](C)c2ccccc2C1(C)C. The summed E-state index contributed by atoms with van der Waals surface area (Å²) in [6.07, 6.45) is 7.35. The maximum atomic E-state index is 9.22. The van der Waals surface area contributed by atoms with Gasteiger partial charge in [-0.1, -0.05) is 18.2 Å². The lowest BCUT2D eigenvalue weighted by atomic mass is 9.81. The number of rotatable bonds is 3. The van der Waals surface area contributed by atoms with Crippen LogP contribution in [0.15, 0.2) is 59.8 Å². The molecule has 2 rings (SSSR count). The molecule has 0 aromatic heterocycles. The lowest BCUT2D eigenvalue weighted by molar-refractivity contribution is -0.401. The zero-order chi connectivity index (χ0) is 16.3. The summed E-state index contributed by atoms with van der Waals surface area (Å²) in [5, 5.41) is 9.22. The molecule has 0 amide bonds. The molecule has 0 unspecified atom stereocenters. The van der Waals surface area contributed by atoms with E-state index in [2.05, 4.69) is 49.7 Å². The highest BCUT2D eigenvalue weighted by Gasteiger charge is 2.42. The van der Waals surface area contributed by atoms with Gasteiger partial charge in [0.25, 0.3) is 0 Å². The van der Waals surface area contributed by atoms with Crippen molar-refractivity contribution in [1.82, 2.24) is 0 Å². The number of para-hydroxylation sites is 1. The highest BCUT2D eigenvalue weighted by Crippen LogP contribution is 2.38. The molecule has 1 aromatic carbocycles. The largest absolute Gasteiger partial charge is 0.402 e. The Hall–Kier alpha value is -2.60. The van der Waals surface area contributed by atoms with Crippen LogP contribution >= 0.6 is 0 Å². The van der Waals surface area contributed by atoms with E-state index in [1.807, 2.05) is 18.2 Å². The summed E-state index contributed by atoms with van der Waals surface area (Å²) >= 11 is 0. The van der Waals surface area contributed by atoms with Crippen LogP contribution in [0.2, 0.25) is 0 Å². The Morgan fingerprint density at radius 1 is 1.27 bits per heavy atom. The van der Waals surface area contributed by atoms with Gasteiger partial charge in [-0.25, -0.2) is 0 Å². The van der Waals surface area contributed by atoms with Gasteiger partial charge in [-0.3, -0.25) is 0 Å². The van der Waals surface area contributed by atoms with E-state index >= 15 is 0 Å². The summed E-state index contributed by atoms with van der Waals surface area (Å²) in [5.74, 6) is 0. The van der Waals surface area contributed by atoms with Gasteiger partial charge < -0.3 is 5.73 Å². The first-order valence-electron chi connectivity index (χ1n) is 7.31. The minimum Gasteiger partial charge on any atom is -0.402 e. The second-order valence-electron chi connectivity index (χ2n) is 6.06. The van der Waals surface area contributed by atoms with Crippen LogP contribution < -0.4 is 5.73 Å². The molecule has 0 saturated carbocycles. The Balaban J connectivity index is 2.41. The molecule has 0 atom stereocenters. The summed E-state index contributed by atoms with van der Waals surface area (Å²) in [6, 6.07) is 10.6. The number of allylic oxidation sites excluding steroid dienone is 6. The highest BCUT2D eigenvalue weighted by atomic mass is 15.0. The van der Waals surface area contributed by atoms with Crippen LogP contribution in [0.3, 0.4) is 0 Å². The summed E-state index contributed by atoms with van der Waals surface area (Å²) < 4.78 is 2.19. The van der Waals surface area contributed by atoms with Crippen molar-refractivity contribution < 1.29 is 4.58 Å². The number of nitriles is 1. The van der Waals surface area contributed by atoms with Gasteiger partial charge in [0.2, 0.25) is 5.69 Å². The molecule has 1 heterocycles. The Bertz CT molecular complexity index is 749. The molecule has 0 saturated heterocycles. The topological polar surface area (TPSA) is 52.8 Å². The molecule has 0 radical (unpaired) electrons. The van der Waals surface area contributed by atoms with Crippen molar-refractivity contribution in [3.8, 4) is 6.07 Å². The van der Waals surface area contributed by atoms with Crippen LogP contribution in [0.5, 0.6) is 0 Å². The Labute approximate surface area is 132 Å². The zero-order valence-corrected chi connectivity index (χ0v) is 13.6. The van der Waals surface area contributed by atoms with Crippen molar-refractivity contribution in [1.29, 1.82) is 5.26 Å². The zero-order valence-electron chi connectivity index (χ0n) is 13.6. The molecule has 1 aliphatic rings. The maximum Gasteiger partial charge on any atom is 0.209 e. The molecule has 2 N–H and O–H groups in total. The molecule has 22 heavy (non-hydrogen) atoms. The van der Waals surface area contributed by atoms with Crippen LogP contribution in [0.4, 0.5) is 5.69 Å². The molecule has 0 bridgehead atoms. The molecule has 0 aliphatic carbocycles. The smallest absolute Gasteiger partial charge is 0.209 e. The molecule has 3 heteroatoms. The number of benzene rings is 1.